The van der Waals surface area contributed by atoms with Crippen LogP contribution in [0.3, 0.4) is 0 Å². The molecule has 6 heteroatoms. The van der Waals surface area contributed by atoms with E-state index in [4.69, 9.17) is 0 Å². The zero-order valence-corrected chi connectivity index (χ0v) is 13.9. The number of carbonyl (C=O) groups is 1. The van der Waals surface area contributed by atoms with Crippen molar-refractivity contribution in [2.24, 2.45) is 0 Å². The van der Waals surface area contributed by atoms with E-state index in [9.17, 15) is 9.90 Å². The molecule has 6 nitrogen and oxygen atoms in total. The van der Waals surface area contributed by atoms with Gasteiger partial charge in [0.05, 0.1) is 24.9 Å². The quantitative estimate of drug-likeness (QED) is 0.725. The van der Waals surface area contributed by atoms with Crippen molar-refractivity contribution in [2.45, 2.75) is 25.6 Å². The van der Waals surface area contributed by atoms with E-state index in [1.165, 1.54) is 4.68 Å². The molecule has 1 amide bonds. The number of nitrogens with zero attached hydrogens (tertiary/aromatic N) is 3. The number of benzene rings is 2. The van der Waals surface area contributed by atoms with Crippen molar-refractivity contribution < 1.29 is 9.90 Å². The number of hydrogen-bond donors (Lipinski definition) is 2. The summed E-state index contributed by atoms with van der Waals surface area (Å²) in [5, 5.41) is 20.9. The number of rotatable bonds is 6. The molecule has 0 saturated heterocycles. The Bertz CT molecular complexity index is 818. The molecule has 0 aliphatic rings. The van der Waals surface area contributed by atoms with Crippen LogP contribution in [0.15, 0.2) is 66.9 Å². The van der Waals surface area contributed by atoms with Gasteiger partial charge in [-0.3, -0.25) is 4.79 Å². The van der Waals surface area contributed by atoms with Gasteiger partial charge in [-0.15, -0.1) is 5.10 Å². The maximum atomic E-state index is 12.3. The average molecular weight is 336 g/mol. The number of aliphatic hydroxyl groups excluding tert-OH is 1. The Labute approximate surface area is 146 Å². The first-order chi connectivity index (χ1) is 12.1. The predicted molar refractivity (Wildman–Crippen MR) is 93.7 cm³/mol. The van der Waals surface area contributed by atoms with Crippen LogP contribution in [0.5, 0.6) is 0 Å². The highest BCUT2D eigenvalue weighted by Gasteiger charge is 2.16. The van der Waals surface area contributed by atoms with Crippen LogP contribution in [0.25, 0.3) is 0 Å². The molecule has 0 bridgehead atoms. The van der Waals surface area contributed by atoms with Crippen molar-refractivity contribution in [1.82, 2.24) is 20.3 Å². The molecule has 1 aromatic heterocycles. The van der Waals surface area contributed by atoms with Gasteiger partial charge in [0, 0.05) is 0 Å². The van der Waals surface area contributed by atoms with E-state index in [0.29, 0.717) is 0 Å². The van der Waals surface area contributed by atoms with Gasteiger partial charge >= 0.3 is 0 Å². The first kappa shape index (κ1) is 16.9. The van der Waals surface area contributed by atoms with Crippen molar-refractivity contribution in [3.05, 3.63) is 83.7 Å². The van der Waals surface area contributed by atoms with E-state index in [-0.39, 0.29) is 24.2 Å². The molecule has 0 fully saturated rings. The second-order valence-corrected chi connectivity index (χ2v) is 5.86. The van der Waals surface area contributed by atoms with Gasteiger partial charge in [-0.2, -0.15) is 0 Å². The van der Waals surface area contributed by atoms with Crippen LogP contribution in [-0.2, 0) is 6.54 Å². The summed E-state index contributed by atoms with van der Waals surface area (Å²) in [4.78, 5) is 12.3. The molecule has 25 heavy (non-hydrogen) atoms. The van der Waals surface area contributed by atoms with Crippen molar-refractivity contribution >= 4 is 5.91 Å². The Balaban J connectivity index is 1.62. The van der Waals surface area contributed by atoms with E-state index in [1.807, 2.05) is 67.6 Å². The van der Waals surface area contributed by atoms with Gasteiger partial charge in [0.25, 0.3) is 5.91 Å². The number of hydrogen-bond acceptors (Lipinski definition) is 4. The fraction of sp³-hybridized carbons (Fsp3) is 0.211. The first-order valence-corrected chi connectivity index (χ1v) is 8.12. The number of aliphatic hydroxyl groups is 1. The van der Waals surface area contributed by atoms with E-state index in [0.717, 1.165) is 11.1 Å². The molecular formula is C19H20N4O2. The third-order valence-electron chi connectivity index (χ3n) is 3.96. The van der Waals surface area contributed by atoms with Gasteiger partial charge < -0.3 is 10.4 Å². The fourth-order valence-electron chi connectivity index (χ4n) is 2.55. The normalized spacial score (nSPS) is 13.2. The third-order valence-corrected chi connectivity index (χ3v) is 3.96. The topological polar surface area (TPSA) is 80.0 Å². The summed E-state index contributed by atoms with van der Waals surface area (Å²) < 4.78 is 1.47. The lowest BCUT2D eigenvalue weighted by Gasteiger charge is -2.13. The third kappa shape index (κ3) is 4.30. The van der Waals surface area contributed by atoms with Crippen LogP contribution in [0, 0.1) is 0 Å². The lowest BCUT2D eigenvalue weighted by Crippen LogP contribution is -2.26. The molecule has 2 atom stereocenters. The number of amides is 1. The van der Waals surface area contributed by atoms with Crippen molar-refractivity contribution in [1.29, 1.82) is 0 Å². The summed E-state index contributed by atoms with van der Waals surface area (Å²) in [7, 11) is 0. The second kappa shape index (κ2) is 7.72. The maximum Gasteiger partial charge on any atom is 0.273 e. The number of carbonyl (C=O) groups excluding carboxylic acids is 1. The molecule has 2 N–H and O–H groups in total. The van der Waals surface area contributed by atoms with E-state index >= 15 is 0 Å². The Morgan fingerprint density at radius 1 is 1.08 bits per heavy atom. The van der Waals surface area contributed by atoms with Gasteiger partial charge in [-0.25, -0.2) is 4.68 Å². The minimum atomic E-state index is -0.706. The Morgan fingerprint density at radius 2 is 1.68 bits per heavy atom. The highest BCUT2D eigenvalue weighted by molar-refractivity contribution is 5.92. The molecule has 0 spiro atoms. The molecular weight excluding hydrogens is 316 g/mol. The van der Waals surface area contributed by atoms with Crippen molar-refractivity contribution in [3.63, 3.8) is 0 Å². The highest BCUT2D eigenvalue weighted by Crippen LogP contribution is 2.15. The molecule has 0 saturated carbocycles. The standard InChI is InChI=1S/C19H20N4O2/c1-14(15-8-4-2-5-9-15)20-19(25)17-12-23(22-21-17)13-18(24)16-10-6-3-7-11-16/h2-12,14,18,24H,13H2,1H3,(H,20,25)/t14-,18+/m1/s1. The summed E-state index contributed by atoms with van der Waals surface area (Å²) in [5.41, 5.74) is 2.03. The SMILES string of the molecule is C[C@@H](NC(=O)c1cn(C[C@H](O)c2ccccc2)nn1)c1ccccc1. The van der Waals surface area contributed by atoms with Gasteiger partial charge in [-0.1, -0.05) is 65.9 Å². The molecule has 0 aliphatic heterocycles. The monoisotopic (exact) mass is 336 g/mol. The molecule has 3 aromatic rings. The Kier molecular flexibility index (Phi) is 5.20. The van der Waals surface area contributed by atoms with Crippen LogP contribution in [0.2, 0.25) is 0 Å². The van der Waals surface area contributed by atoms with Crippen molar-refractivity contribution in [2.75, 3.05) is 0 Å². The van der Waals surface area contributed by atoms with Gasteiger partial charge in [0.1, 0.15) is 0 Å². The highest BCUT2D eigenvalue weighted by atomic mass is 16.3. The lowest BCUT2D eigenvalue weighted by molar-refractivity contribution is 0.0934. The molecule has 1 heterocycles. The van der Waals surface area contributed by atoms with E-state index in [1.54, 1.807) is 6.20 Å². The zero-order chi connectivity index (χ0) is 17.6. The van der Waals surface area contributed by atoms with Crippen LogP contribution in [0.1, 0.15) is 40.7 Å². The lowest BCUT2D eigenvalue weighted by atomic mass is 10.1. The predicted octanol–water partition coefficient (Wildman–Crippen LogP) is 2.50. The maximum absolute atomic E-state index is 12.3. The van der Waals surface area contributed by atoms with Gasteiger partial charge in [0.15, 0.2) is 5.69 Å². The van der Waals surface area contributed by atoms with E-state index in [2.05, 4.69) is 15.6 Å². The van der Waals surface area contributed by atoms with Gasteiger partial charge in [-0.05, 0) is 18.1 Å². The van der Waals surface area contributed by atoms with Gasteiger partial charge in [0.2, 0.25) is 0 Å². The van der Waals surface area contributed by atoms with Crippen LogP contribution < -0.4 is 5.32 Å². The summed E-state index contributed by atoms with van der Waals surface area (Å²) in [6, 6.07) is 18.9. The molecule has 3 rings (SSSR count). The van der Waals surface area contributed by atoms with Crippen LogP contribution >= 0.6 is 0 Å². The smallest absolute Gasteiger partial charge is 0.273 e. The number of aromatic nitrogens is 3. The van der Waals surface area contributed by atoms with E-state index < -0.39 is 6.10 Å². The Morgan fingerprint density at radius 3 is 2.32 bits per heavy atom. The average Bonchev–Trinajstić information content (AvgIpc) is 3.12. The molecule has 0 radical (unpaired) electrons. The summed E-state index contributed by atoms with van der Waals surface area (Å²) in [6.07, 6.45) is 0.834. The molecule has 0 unspecified atom stereocenters. The minimum absolute atomic E-state index is 0.131. The molecule has 128 valence electrons. The fourth-order valence-corrected chi connectivity index (χ4v) is 2.55. The van der Waals surface area contributed by atoms with Crippen LogP contribution in [0.4, 0.5) is 0 Å². The number of nitrogens with one attached hydrogen (secondary N) is 1. The minimum Gasteiger partial charge on any atom is -0.386 e. The van der Waals surface area contributed by atoms with Crippen LogP contribution in [-0.4, -0.2) is 26.0 Å². The molecule has 2 aromatic carbocycles. The second-order valence-electron chi connectivity index (χ2n) is 5.86. The Hall–Kier alpha value is -2.99. The summed E-state index contributed by atoms with van der Waals surface area (Å²) in [5.74, 6) is -0.295. The largest absolute Gasteiger partial charge is 0.386 e. The summed E-state index contributed by atoms with van der Waals surface area (Å²) >= 11 is 0. The zero-order valence-electron chi connectivity index (χ0n) is 13.9. The summed E-state index contributed by atoms with van der Waals surface area (Å²) in [6.45, 7) is 2.15. The van der Waals surface area contributed by atoms with Crippen molar-refractivity contribution in [3.8, 4) is 0 Å². The first-order valence-electron chi connectivity index (χ1n) is 8.12. The molecule has 0 aliphatic carbocycles.